The molecular formula is C25H38N4O4S. The number of rotatable bonds is 10. The Morgan fingerprint density at radius 3 is 2.41 bits per heavy atom. The van der Waals surface area contributed by atoms with E-state index in [1.54, 1.807) is 11.8 Å². The molecule has 8 nitrogen and oxygen atoms in total. The smallest absolute Gasteiger partial charge is 0.291 e. The van der Waals surface area contributed by atoms with Gasteiger partial charge in [0.25, 0.3) is 11.8 Å². The van der Waals surface area contributed by atoms with Crippen LogP contribution in [0.5, 0.6) is 5.88 Å². The quantitative estimate of drug-likeness (QED) is 0.460. The summed E-state index contributed by atoms with van der Waals surface area (Å²) < 4.78 is 11.6. The van der Waals surface area contributed by atoms with Crippen molar-refractivity contribution in [1.29, 1.82) is 0 Å². The van der Waals surface area contributed by atoms with Crippen molar-refractivity contribution < 1.29 is 18.8 Å². The van der Waals surface area contributed by atoms with Crippen LogP contribution in [0.1, 0.15) is 75.8 Å². The standard InChI is InChI=1S/C25H38N4O4S/c1-25(2,24(31)27-7-6-26)13-32-23-21(34-18-4-3-5-18)20(33-29-23)22(30)28-19-16-9-14-8-15(11-16)12-17(19)10-14/h14-19H,3-13,26H2,1-2H3,(H,27,31)(H,28,30). The van der Waals surface area contributed by atoms with Gasteiger partial charge in [-0.25, -0.2) is 0 Å². The molecule has 4 bridgehead atoms. The van der Waals surface area contributed by atoms with Crippen molar-refractivity contribution in [3.05, 3.63) is 5.76 Å². The number of nitrogens with one attached hydrogen (secondary N) is 2. The van der Waals surface area contributed by atoms with Crippen LogP contribution >= 0.6 is 11.8 Å². The predicted molar refractivity (Wildman–Crippen MR) is 130 cm³/mol. The van der Waals surface area contributed by atoms with Gasteiger partial charge in [0.2, 0.25) is 11.7 Å². The number of nitrogens with two attached hydrogens (primary N) is 1. The summed E-state index contributed by atoms with van der Waals surface area (Å²) >= 11 is 1.62. The molecule has 0 atom stereocenters. The normalized spacial score (nSPS) is 30.1. The fourth-order valence-corrected chi connectivity index (χ4v) is 7.72. The third-order valence-electron chi connectivity index (χ3n) is 8.30. The molecule has 1 aromatic rings. The second-order valence-electron chi connectivity index (χ2n) is 11.5. The summed E-state index contributed by atoms with van der Waals surface area (Å²) in [6, 6.07) is 0.237. The minimum absolute atomic E-state index is 0.130. The molecule has 0 aromatic carbocycles. The molecule has 5 aliphatic carbocycles. The van der Waals surface area contributed by atoms with Crippen molar-refractivity contribution in [2.75, 3.05) is 19.7 Å². The Balaban J connectivity index is 1.28. The molecule has 0 aliphatic heterocycles. The van der Waals surface area contributed by atoms with Crippen molar-refractivity contribution in [1.82, 2.24) is 15.8 Å². The first-order chi connectivity index (χ1) is 16.3. The summed E-state index contributed by atoms with van der Waals surface area (Å²) in [4.78, 5) is 26.5. The number of hydrogen-bond donors (Lipinski definition) is 3. The minimum atomic E-state index is -0.769. The minimum Gasteiger partial charge on any atom is -0.474 e. The summed E-state index contributed by atoms with van der Waals surface area (Å²) in [7, 11) is 0. The van der Waals surface area contributed by atoms with Crippen LogP contribution in [0.15, 0.2) is 9.42 Å². The van der Waals surface area contributed by atoms with Crippen molar-refractivity contribution in [2.24, 2.45) is 34.8 Å². The van der Waals surface area contributed by atoms with Crippen molar-refractivity contribution in [3.63, 3.8) is 0 Å². The van der Waals surface area contributed by atoms with Crippen molar-refractivity contribution in [3.8, 4) is 5.88 Å². The third-order valence-corrected chi connectivity index (χ3v) is 9.70. The van der Waals surface area contributed by atoms with Crippen LogP contribution in [-0.2, 0) is 4.79 Å². The van der Waals surface area contributed by atoms with E-state index in [1.807, 2.05) is 13.8 Å². The van der Waals surface area contributed by atoms with Crippen LogP contribution in [0.4, 0.5) is 0 Å². The number of hydrogen-bond acceptors (Lipinski definition) is 7. The first-order valence-corrected chi connectivity index (χ1v) is 13.8. The summed E-state index contributed by atoms with van der Waals surface area (Å²) in [5.41, 5.74) is 4.73. The molecule has 9 heteroatoms. The molecule has 1 aromatic heterocycles. The van der Waals surface area contributed by atoms with E-state index in [1.165, 1.54) is 38.5 Å². The van der Waals surface area contributed by atoms with Gasteiger partial charge in [0, 0.05) is 24.4 Å². The predicted octanol–water partition coefficient (Wildman–Crippen LogP) is 3.35. The Bertz CT molecular complexity index is 885. The van der Waals surface area contributed by atoms with Crippen molar-refractivity contribution >= 4 is 23.6 Å². The average molecular weight is 491 g/mol. The number of aromatic nitrogens is 1. The van der Waals surface area contributed by atoms with E-state index in [9.17, 15) is 9.59 Å². The average Bonchev–Trinajstić information content (AvgIpc) is 3.17. The van der Waals surface area contributed by atoms with Gasteiger partial charge in [-0.2, -0.15) is 0 Å². The lowest BCUT2D eigenvalue weighted by Crippen LogP contribution is -2.55. The number of ether oxygens (including phenoxy) is 1. The molecule has 188 valence electrons. The topological polar surface area (TPSA) is 119 Å². The number of amides is 2. The van der Waals surface area contributed by atoms with Gasteiger partial charge in [-0.3, -0.25) is 9.59 Å². The van der Waals surface area contributed by atoms with Gasteiger partial charge in [0.15, 0.2) is 0 Å². The third kappa shape index (κ3) is 4.83. The van der Waals surface area contributed by atoms with E-state index in [0.717, 1.165) is 24.7 Å². The zero-order chi connectivity index (χ0) is 23.9. The van der Waals surface area contributed by atoms with E-state index < -0.39 is 5.41 Å². The van der Waals surface area contributed by atoms with Crippen LogP contribution in [0.2, 0.25) is 0 Å². The van der Waals surface area contributed by atoms with E-state index in [-0.39, 0.29) is 30.2 Å². The lowest BCUT2D eigenvalue weighted by Gasteiger charge is -2.54. The summed E-state index contributed by atoms with van der Waals surface area (Å²) in [6.45, 7) is 4.57. The summed E-state index contributed by atoms with van der Waals surface area (Å²) in [5.74, 6) is 3.16. The fourth-order valence-electron chi connectivity index (χ4n) is 6.38. The molecule has 0 saturated heterocycles. The van der Waals surface area contributed by atoms with Gasteiger partial charge >= 0.3 is 0 Å². The molecular weight excluding hydrogens is 452 g/mol. The zero-order valence-corrected chi connectivity index (χ0v) is 21.1. The lowest BCUT2D eigenvalue weighted by molar-refractivity contribution is -0.130. The first-order valence-electron chi connectivity index (χ1n) is 12.9. The number of thioether (sulfide) groups is 1. The van der Waals surface area contributed by atoms with Gasteiger partial charge in [-0.05, 0) is 87.6 Å². The van der Waals surface area contributed by atoms with E-state index in [0.29, 0.717) is 41.0 Å². The van der Waals surface area contributed by atoms with E-state index >= 15 is 0 Å². The molecule has 5 saturated carbocycles. The highest BCUT2D eigenvalue weighted by molar-refractivity contribution is 8.00. The molecule has 2 amide bonds. The van der Waals surface area contributed by atoms with Crippen LogP contribution in [0, 0.1) is 29.1 Å². The number of nitrogens with zero attached hydrogens (tertiary/aromatic N) is 1. The van der Waals surface area contributed by atoms with Crippen molar-refractivity contribution in [2.45, 2.75) is 81.4 Å². The van der Waals surface area contributed by atoms with Crippen LogP contribution in [0.3, 0.4) is 0 Å². The van der Waals surface area contributed by atoms with Gasteiger partial charge in [-0.15, -0.1) is 11.8 Å². The first kappa shape index (κ1) is 24.0. The maximum atomic E-state index is 13.4. The van der Waals surface area contributed by atoms with E-state index in [2.05, 4.69) is 15.8 Å². The molecule has 0 radical (unpaired) electrons. The lowest BCUT2D eigenvalue weighted by atomic mass is 9.54. The van der Waals surface area contributed by atoms with Crippen LogP contribution < -0.4 is 21.1 Å². The molecule has 1 heterocycles. The number of carbonyl (C=O) groups excluding carboxylic acids is 2. The summed E-state index contributed by atoms with van der Waals surface area (Å²) in [6.07, 6.45) is 9.78. The monoisotopic (exact) mass is 490 g/mol. The largest absolute Gasteiger partial charge is 0.474 e. The zero-order valence-electron chi connectivity index (χ0n) is 20.3. The Morgan fingerprint density at radius 1 is 1.15 bits per heavy atom. The molecule has 34 heavy (non-hydrogen) atoms. The van der Waals surface area contributed by atoms with E-state index in [4.69, 9.17) is 15.0 Å². The van der Waals surface area contributed by atoms with Crippen LogP contribution in [-0.4, -0.2) is 48.0 Å². The molecule has 5 fully saturated rings. The Hall–Kier alpha value is -1.74. The van der Waals surface area contributed by atoms with Gasteiger partial charge < -0.3 is 25.6 Å². The van der Waals surface area contributed by atoms with Gasteiger partial charge in [0.05, 0.1) is 5.41 Å². The molecule has 5 aliphatic rings. The van der Waals surface area contributed by atoms with Gasteiger partial charge in [0.1, 0.15) is 11.5 Å². The highest BCUT2D eigenvalue weighted by Gasteiger charge is 2.49. The molecule has 4 N–H and O–H groups in total. The SMILES string of the molecule is CC(C)(COc1noc(C(=O)NC2C3CC4CC(C3)CC2C4)c1SC1CCC1)C(=O)NCCN. The molecule has 6 rings (SSSR count). The fraction of sp³-hybridized carbons (Fsp3) is 0.800. The Morgan fingerprint density at radius 2 is 1.82 bits per heavy atom. The summed E-state index contributed by atoms with van der Waals surface area (Å²) in [5, 5.41) is 10.7. The number of carbonyl (C=O) groups is 2. The maximum Gasteiger partial charge on any atom is 0.291 e. The maximum absolute atomic E-state index is 13.4. The Labute approximate surface area is 205 Å². The van der Waals surface area contributed by atoms with Crippen LogP contribution in [0.25, 0.3) is 0 Å². The molecule has 0 unspecified atom stereocenters. The molecule has 0 spiro atoms. The second kappa shape index (κ2) is 9.72. The van der Waals surface area contributed by atoms with Gasteiger partial charge in [-0.1, -0.05) is 6.42 Å². The Kier molecular flexibility index (Phi) is 6.86. The highest BCUT2D eigenvalue weighted by Crippen LogP contribution is 2.54. The highest BCUT2D eigenvalue weighted by atomic mass is 32.2. The second-order valence-corrected chi connectivity index (χ2v) is 12.8.